The molecule has 1 heterocycles. The van der Waals surface area contributed by atoms with Gasteiger partial charge in [-0.25, -0.2) is 9.59 Å². The zero-order chi connectivity index (χ0) is 23.4. The van der Waals surface area contributed by atoms with E-state index in [0.717, 1.165) is 12.2 Å². The van der Waals surface area contributed by atoms with Gasteiger partial charge in [-0.3, -0.25) is 4.79 Å². The van der Waals surface area contributed by atoms with Gasteiger partial charge in [0, 0.05) is 6.42 Å². The fourth-order valence-corrected chi connectivity index (χ4v) is 2.49. The number of carbonyl (C=O) groups excluding carboxylic acids is 3. The van der Waals surface area contributed by atoms with Crippen molar-refractivity contribution >= 4 is 17.7 Å². The monoisotopic (exact) mass is 436 g/mol. The summed E-state index contributed by atoms with van der Waals surface area (Å²) in [5.74, 6) is -2.55. The molecule has 0 radical (unpaired) electrons. The average molecular weight is 436 g/mol. The van der Waals surface area contributed by atoms with Gasteiger partial charge in [-0.05, 0) is 31.1 Å². The lowest BCUT2D eigenvalue weighted by Crippen LogP contribution is -2.32. The first-order valence-electron chi connectivity index (χ1n) is 9.56. The molecular weight excluding hydrogens is 408 g/mol. The maximum Gasteiger partial charge on any atom is 0.342 e. The summed E-state index contributed by atoms with van der Waals surface area (Å²) in [6.45, 7) is 4.61. The van der Waals surface area contributed by atoms with Crippen molar-refractivity contribution in [1.29, 1.82) is 0 Å². The van der Waals surface area contributed by atoms with Crippen molar-refractivity contribution in [3.05, 3.63) is 59.9 Å². The predicted molar refractivity (Wildman–Crippen MR) is 111 cm³/mol. The molecule has 0 saturated heterocycles. The van der Waals surface area contributed by atoms with Crippen LogP contribution in [0.4, 0.5) is 0 Å². The molecule has 0 bridgehead atoms. The minimum Gasteiger partial charge on any atom is -0.507 e. The first kappa shape index (κ1) is 26.0. The SMILES string of the molecule is C=C/C(O)=C1/C(=O)O[C@@H](C)C/C=C\C(=O)[C@@H](O)[C@@H](O)C/C=C/C1=C/COCC(=O)OC. The number of methoxy groups -OCH3 is 1. The van der Waals surface area contributed by atoms with E-state index < -0.39 is 41.8 Å². The number of esters is 2. The lowest BCUT2D eigenvalue weighted by molar-refractivity contribution is -0.145. The van der Waals surface area contributed by atoms with Gasteiger partial charge in [0.05, 0.1) is 19.8 Å². The van der Waals surface area contributed by atoms with Gasteiger partial charge in [0.15, 0.2) is 5.78 Å². The Labute approximate surface area is 180 Å². The van der Waals surface area contributed by atoms with Crippen molar-refractivity contribution in [3.8, 4) is 0 Å². The summed E-state index contributed by atoms with van der Waals surface area (Å²) in [5, 5.41) is 30.2. The van der Waals surface area contributed by atoms with Gasteiger partial charge in [0.25, 0.3) is 0 Å². The van der Waals surface area contributed by atoms with Crippen molar-refractivity contribution in [2.45, 2.75) is 38.1 Å². The molecule has 0 aromatic heterocycles. The number of rotatable bonds is 5. The van der Waals surface area contributed by atoms with E-state index in [1.807, 2.05) is 0 Å². The second kappa shape index (κ2) is 13.3. The van der Waals surface area contributed by atoms with Crippen molar-refractivity contribution < 1.29 is 43.9 Å². The molecule has 0 spiro atoms. The second-order valence-corrected chi connectivity index (χ2v) is 6.62. The highest BCUT2D eigenvalue weighted by Crippen LogP contribution is 2.21. The zero-order valence-electron chi connectivity index (χ0n) is 17.5. The van der Waals surface area contributed by atoms with Gasteiger partial charge in [-0.1, -0.05) is 30.9 Å². The van der Waals surface area contributed by atoms with Crippen LogP contribution in [0.5, 0.6) is 0 Å². The Morgan fingerprint density at radius 3 is 2.58 bits per heavy atom. The molecule has 1 rings (SSSR count). The van der Waals surface area contributed by atoms with Crippen molar-refractivity contribution in [3.63, 3.8) is 0 Å². The smallest absolute Gasteiger partial charge is 0.342 e. The van der Waals surface area contributed by atoms with Gasteiger partial charge in [0.2, 0.25) is 0 Å². The van der Waals surface area contributed by atoms with E-state index in [1.54, 1.807) is 6.92 Å². The van der Waals surface area contributed by atoms with Crippen molar-refractivity contribution in [2.24, 2.45) is 0 Å². The molecule has 1 aliphatic heterocycles. The van der Waals surface area contributed by atoms with Gasteiger partial charge < -0.3 is 29.5 Å². The third kappa shape index (κ3) is 8.71. The number of aliphatic hydroxyl groups excluding tert-OH is 3. The van der Waals surface area contributed by atoms with E-state index in [4.69, 9.17) is 9.47 Å². The molecule has 0 aliphatic carbocycles. The Balaban J connectivity index is 3.29. The van der Waals surface area contributed by atoms with Crippen LogP contribution in [0.2, 0.25) is 0 Å². The Bertz CT molecular complexity index is 789. The van der Waals surface area contributed by atoms with Gasteiger partial charge >= 0.3 is 11.9 Å². The van der Waals surface area contributed by atoms with Crippen LogP contribution in [0.3, 0.4) is 0 Å². The van der Waals surface area contributed by atoms with E-state index in [9.17, 15) is 29.7 Å². The number of hydrogen-bond acceptors (Lipinski definition) is 9. The van der Waals surface area contributed by atoms with Crippen LogP contribution in [0, 0.1) is 0 Å². The average Bonchev–Trinajstić information content (AvgIpc) is 2.74. The number of carbonyl (C=O) groups is 3. The molecule has 0 saturated carbocycles. The Morgan fingerprint density at radius 2 is 1.94 bits per heavy atom. The van der Waals surface area contributed by atoms with Gasteiger partial charge in [-0.2, -0.15) is 0 Å². The first-order valence-corrected chi connectivity index (χ1v) is 9.56. The lowest BCUT2D eigenvalue weighted by Gasteiger charge is -2.17. The van der Waals surface area contributed by atoms with Crippen LogP contribution < -0.4 is 0 Å². The molecule has 170 valence electrons. The molecule has 3 N–H and O–H groups in total. The summed E-state index contributed by atoms with van der Waals surface area (Å²) >= 11 is 0. The molecule has 0 aromatic rings. The fraction of sp³-hybridized carbons (Fsp3) is 0.409. The quantitative estimate of drug-likeness (QED) is 0.251. The lowest BCUT2D eigenvalue weighted by atomic mass is 10.0. The summed E-state index contributed by atoms with van der Waals surface area (Å²) in [6, 6.07) is 0. The van der Waals surface area contributed by atoms with Crippen LogP contribution in [0.1, 0.15) is 19.8 Å². The highest BCUT2D eigenvalue weighted by molar-refractivity contribution is 5.95. The van der Waals surface area contributed by atoms with Crippen LogP contribution in [0.15, 0.2) is 59.9 Å². The highest BCUT2D eigenvalue weighted by atomic mass is 16.6. The predicted octanol–water partition coefficient (Wildman–Crippen LogP) is 1.23. The molecule has 0 aromatic carbocycles. The van der Waals surface area contributed by atoms with Crippen LogP contribution in [0.25, 0.3) is 0 Å². The van der Waals surface area contributed by atoms with Crippen molar-refractivity contribution in [2.75, 3.05) is 20.3 Å². The summed E-state index contributed by atoms with van der Waals surface area (Å²) in [6.07, 6.45) is 4.23. The number of ketones is 1. The molecule has 0 amide bonds. The Hall–Kier alpha value is -3.01. The van der Waals surface area contributed by atoms with E-state index in [-0.39, 0.29) is 37.2 Å². The number of allylic oxidation sites excluding steroid dienone is 2. The molecule has 1 aliphatic rings. The molecular formula is C22H28O9. The minimum absolute atomic E-state index is 0.113. The molecule has 9 heteroatoms. The third-order valence-electron chi connectivity index (χ3n) is 4.20. The van der Waals surface area contributed by atoms with Crippen LogP contribution in [-0.2, 0) is 28.6 Å². The van der Waals surface area contributed by atoms with Gasteiger partial charge in [0.1, 0.15) is 30.1 Å². The second-order valence-electron chi connectivity index (χ2n) is 6.62. The number of cyclic esters (lactones) is 1. The summed E-state index contributed by atoms with van der Waals surface area (Å²) in [5.41, 5.74) is -0.0352. The Kier molecular flexibility index (Phi) is 11.2. The summed E-state index contributed by atoms with van der Waals surface area (Å²) in [4.78, 5) is 35.8. The molecule has 3 atom stereocenters. The normalized spacial score (nSPS) is 28.3. The number of aliphatic hydroxyl groups is 3. The maximum atomic E-state index is 12.7. The topological polar surface area (TPSA) is 140 Å². The fourth-order valence-electron chi connectivity index (χ4n) is 2.49. The standard InChI is InChI=1S/C22H28O9/c1-4-16(23)20-15(11-12-30-13-19(26)29-3)8-6-10-18(25)21(27)17(24)9-5-7-14(2)31-22(20)28/h4-6,8-9,11,14,18,21,23,25,27H,1,7,10,12-13H2,2-3H3/b8-6+,9-5-,15-11-,20-16-/t14-,18-,21+/m0/s1. The largest absolute Gasteiger partial charge is 0.507 e. The van der Waals surface area contributed by atoms with Crippen LogP contribution in [-0.4, -0.2) is 71.7 Å². The van der Waals surface area contributed by atoms with E-state index in [1.165, 1.54) is 31.4 Å². The first-order chi connectivity index (χ1) is 14.7. The molecule has 0 unspecified atom stereocenters. The molecule has 9 nitrogen and oxygen atoms in total. The van der Waals surface area contributed by atoms with Crippen LogP contribution >= 0.6 is 0 Å². The number of ether oxygens (including phenoxy) is 3. The van der Waals surface area contributed by atoms with Gasteiger partial charge in [-0.15, -0.1) is 0 Å². The number of hydrogen-bond donors (Lipinski definition) is 3. The Morgan fingerprint density at radius 1 is 1.26 bits per heavy atom. The summed E-state index contributed by atoms with van der Waals surface area (Å²) < 4.78 is 15.0. The minimum atomic E-state index is -1.62. The molecule has 0 fully saturated rings. The van der Waals surface area contributed by atoms with E-state index in [2.05, 4.69) is 11.3 Å². The van der Waals surface area contributed by atoms with E-state index in [0.29, 0.717) is 0 Å². The van der Waals surface area contributed by atoms with Crippen molar-refractivity contribution in [1.82, 2.24) is 0 Å². The molecule has 31 heavy (non-hydrogen) atoms. The highest BCUT2D eigenvalue weighted by Gasteiger charge is 2.24. The zero-order valence-corrected chi connectivity index (χ0v) is 17.5. The maximum absolute atomic E-state index is 12.7. The van der Waals surface area contributed by atoms with E-state index >= 15 is 0 Å². The third-order valence-corrected chi connectivity index (χ3v) is 4.20. The summed E-state index contributed by atoms with van der Waals surface area (Å²) in [7, 11) is 1.21.